The number of hydrogen-bond acceptors (Lipinski definition) is 3. The van der Waals surface area contributed by atoms with E-state index in [1.165, 1.54) is 0 Å². The molecular weight excluding hydrogens is 346 g/mol. The Morgan fingerprint density at radius 3 is 2.50 bits per heavy atom. The number of fused-ring (bicyclic) bond motifs is 1. The maximum absolute atomic E-state index is 9.78. The van der Waals surface area contributed by atoms with Gasteiger partial charge in [0.05, 0.1) is 16.6 Å². The van der Waals surface area contributed by atoms with Crippen LogP contribution in [0.1, 0.15) is 17.0 Å². The van der Waals surface area contributed by atoms with Crippen LogP contribution in [0.4, 0.5) is 0 Å². The van der Waals surface area contributed by atoms with E-state index in [1.807, 2.05) is 96.6 Å². The zero-order valence-electron chi connectivity index (χ0n) is 15.5. The third-order valence-corrected chi connectivity index (χ3v) is 4.60. The molecule has 1 aromatic heterocycles. The van der Waals surface area contributed by atoms with Gasteiger partial charge in [-0.25, -0.2) is 4.98 Å². The summed E-state index contributed by atoms with van der Waals surface area (Å²) in [6.45, 7) is 0.472. The molecule has 0 aliphatic heterocycles. The van der Waals surface area contributed by atoms with Crippen LogP contribution in [0.15, 0.2) is 78.9 Å². The highest BCUT2D eigenvalue weighted by molar-refractivity contribution is 5.91. The van der Waals surface area contributed by atoms with Crippen molar-refractivity contribution in [3.8, 4) is 11.8 Å². The lowest BCUT2D eigenvalue weighted by Crippen LogP contribution is -1.98. The number of para-hydroxylation sites is 3. The lowest BCUT2D eigenvalue weighted by Gasteiger charge is -2.10. The van der Waals surface area contributed by atoms with Crippen molar-refractivity contribution < 1.29 is 4.74 Å². The Balaban J connectivity index is 1.69. The molecule has 0 radical (unpaired) electrons. The van der Waals surface area contributed by atoms with E-state index in [-0.39, 0.29) is 0 Å². The van der Waals surface area contributed by atoms with E-state index in [2.05, 4.69) is 11.1 Å². The van der Waals surface area contributed by atoms with Gasteiger partial charge < -0.3 is 9.30 Å². The molecule has 136 valence electrons. The predicted octanol–water partition coefficient (Wildman–Crippen LogP) is 5.22. The Morgan fingerprint density at radius 1 is 1.00 bits per heavy atom. The number of nitrogens with zero attached hydrogens (tertiary/aromatic N) is 3. The van der Waals surface area contributed by atoms with Crippen LogP contribution in [0.5, 0.6) is 5.75 Å². The number of benzene rings is 3. The summed E-state index contributed by atoms with van der Waals surface area (Å²) >= 11 is 0. The third kappa shape index (κ3) is 3.51. The summed E-state index contributed by atoms with van der Waals surface area (Å²) in [5, 5.41) is 9.78. The average molecular weight is 365 g/mol. The summed E-state index contributed by atoms with van der Waals surface area (Å²) in [5.41, 5.74) is 4.30. The fourth-order valence-electron chi connectivity index (χ4n) is 3.16. The Bertz CT molecular complexity index is 1180. The predicted molar refractivity (Wildman–Crippen MR) is 111 cm³/mol. The molecule has 0 N–H and O–H groups in total. The highest BCUT2D eigenvalue weighted by atomic mass is 16.5. The summed E-state index contributed by atoms with van der Waals surface area (Å²) < 4.78 is 7.95. The topological polar surface area (TPSA) is 50.8 Å². The van der Waals surface area contributed by atoms with Gasteiger partial charge in [0.25, 0.3) is 0 Å². The van der Waals surface area contributed by atoms with Gasteiger partial charge in [0.15, 0.2) is 5.82 Å². The summed E-state index contributed by atoms with van der Waals surface area (Å²) in [6.07, 6.45) is 1.83. The standard InChI is InChI=1S/C24H19N3O/c1-27-22-13-7-6-12-21(22)26-24(27)20(16-25)15-19-11-5-8-14-23(19)28-17-18-9-3-2-4-10-18/h2-15H,17H2,1H3. The summed E-state index contributed by atoms with van der Waals surface area (Å²) in [7, 11) is 1.92. The van der Waals surface area contributed by atoms with Gasteiger partial charge >= 0.3 is 0 Å². The quantitative estimate of drug-likeness (QED) is 0.456. The lowest BCUT2D eigenvalue weighted by molar-refractivity contribution is 0.305. The molecule has 0 saturated carbocycles. The van der Waals surface area contributed by atoms with Crippen molar-refractivity contribution >= 4 is 22.7 Å². The number of ether oxygens (including phenoxy) is 1. The Kier molecular flexibility index (Phi) is 4.90. The normalized spacial score (nSPS) is 11.4. The summed E-state index contributed by atoms with van der Waals surface area (Å²) in [4.78, 5) is 4.63. The highest BCUT2D eigenvalue weighted by Gasteiger charge is 2.13. The monoisotopic (exact) mass is 365 g/mol. The minimum Gasteiger partial charge on any atom is -0.488 e. The second-order valence-corrected chi connectivity index (χ2v) is 6.47. The minimum atomic E-state index is 0.472. The maximum Gasteiger partial charge on any atom is 0.151 e. The van der Waals surface area contributed by atoms with Crippen LogP contribution >= 0.6 is 0 Å². The van der Waals surface area contributed by atoms with Gasteiger partial charge in [-0.1, -0.05) is 60.7 Å². The molecule has 0 bridgehead atoms. The van der Waals surface area contributed by atoms with Crippen molar-refractivity contribution in [3.05, 3.63) is 95.8 Å². The number of nitriles is 1. The van der Waals surface area contributed by atoms with Crippen LogP contribution in [0, 0.1) is 11.3 Å². The van der Waals surface area contributed by atoms with Crippen molar-refractivity contribution in [2.24, 2.45) is 7.05 Å². The Labute approximate surface area is 164 Å². The van der Waals surface area contributed by atoms with E-state index >= 15 is 0 Å². The SMILES string of the molecule is Cn1c(C(C#N)=Cc2ccccc2OCc2ccccc2)nc2ccccc21. The molecule has 0 atom stereocenters. The number of allylic oxidation sites excluding steroid dienone is 1. The number of imidazole rings is 1. The Hall–Kier alpha value is -3.84. The van der Waals surface area contributed by atoms with Gasteiger partial charge in [0, 0.05) is 12.6 Å². The molecule has 4 rings (SSSR count). The van der Waals surface area contributed by atoms with Crippen LogP contribution in [-0.2, 0) is 13.7 Å². The first kappa shape index (κ1) is 17.6. The second-order valence-electron chi connectivity index (χ2n) is 6.47. The molecule has 1 heterocycles. The fraction of sp³-hybridized carbons (Fsp3) is 0.0833. The van der Waals surface area contributed by atoms with Crippen molar-refractivity contribution in [1.29, 1.82) is 5.26 Å². The van der Waals surface area contributed by atoms with E-state index in [4.69, 9.17) is 4.74 Å². The highest BCUT2D eigenvalue weighted by Crippen LogP contribution is 2.26. The lowest BCUT2D eigenvalue weighted by atomic mass is 10.1. The van der Waals surface area contributed by atoms with Crippen molar-refractivity contribution in [2.45, 2.75) is 6.61 Å². The minimum absolute atomic E-state index is 0.472. The van der Waals surface area contributed by atoms with Crippen molar-refractivity contribution in [2.75, 3.05) is 0 Å². The van der Waals surface area contributed by atoms with Gasteiger partial charge in [0.2, 0.25) is 0 Å². The van der Waals surface area contributed by atoms with E-state index in [1.54, 1.807) is 0 Å². The molecule has 0 saturated heterocycles. The zero-order valence-corrected chi connectivity index (χ0v) is 15.5. The molecule has 4 aromatic rings. The number of aryl methyl sites for hydroxylation is 1. The van der Waals surface area contributed by atoms with E-state index < -0.39 is 0 Å². The van der Waals surface area contributed by atoms with Gasteiger partial charge in [-0.15, -0.1) is 0 Å². The van der Waals surface area contributed by atoms with E-state index in [0.717, 1.165) is 27.9 Å². The number of hydrogen-bond donors (Lipinski definition) is 0. The second kappa shape index (κ2) is 7.81. The molecule has 0 fully saturated rings. The molecule has 3 aromatic carbocycles. The van der Waals surface area contributed by atoms with Crippen LogP contribution in [0.2, 0.25) is 0 Å². The smallest absolute Gasteiger partial charge is 0.151 e. The van der Waals surface area contributed by atoms with E-state index in [9.17, 15) is 5.26 Å². The molecule has 0 aliphatic carbocycles. The van der Waals surface area contributed by atoms with E-state index in [0.29, 0.717) is 18.0 Å². The first-order valence-corrected chi connectivity index (χ1v) is 9.05. The van der Waals surface area contributed by atoms with Crippen LogP contribution in [0.3, 0.4) is 0 Å². The average Bonchev–Trinajstić information content (AvgIpc) is 3.08. The third-order valence-electron chi connectivity index (χ3n) is 4.60. The first-order chi connectivity index (χ1) is 13.8. The van der Waals surface area contributed by atoms with Gasteiger partial charge in [0.1, 0.15) is 18.4 Å². The van der Waals surface area contributed by atoms with Crippen LogP contribution in [-0.4, -0.2) is 9.55 Å². The first-order valence-electron chi connectivity index (χ1n) is 9.05. The van der Waals surface area contributed by atoms with Crippen LogP contribution in [0.25, 0.3) is 22.7 Å². The van der Waals surface area contributed by atoms with Gasteiger partial charge in [-0.05, 0) is 29.8 Å². The molecule has 0 amide bonds. The molecule has 4 nitrogen and oxygen atoms in total. The number of rotatable bonds is 5. The molecule has 0 spiro atoms. The van der Waals surface area contributed by atoms with Gasteiger partial charge in [-0.2, -0.15) is 5.26 Å². The van der Waals surface area contributed by atoms with Crippen molar-refractivity contribution in [3.63, 3.8) is 0 Å². The fourth-order valence-corrected chi connectivity index (χ4v) is 3.16. The summed E-state index contributed by atoms with van der Waals surface area (Å²) in [5.74, 6) is 1.37. The largest absolute Gasteiger partial charge is 0.488 e. The number of aromatic nitrogens is 2. The molecule has 0 aliphatic rings. The zero-order chi connectivity index (χ0) is 19.3. The molecular formula is C24H19N3O. The van der Waals surface area contributed by atoms with Crippen molar-refractivity contribution in [1.82, 2.24) is 9.55 Å². The van der Waals surface area contributed by atoms with Gasteiger partial charge in [-0.3, -0.25) is 0 Å². The molecule has 28 heavy (non-hydrogen) atoms. The summed E-state index contributed by atoms with van der Waals surface area (Å²) in [6, 6.07) is 27.9. The molecule has 4 heteroatoms. The maximum atomic E-state index is 9.78. The molecule has 0 unspecified atom stereocenters. The Morgan fingerprint density at radius 2 is 1.71 bits per heavy atom. The van der Waals surface area contributed by atoms with Crippen LogP contribution < -0.4 is 4.74 Å².